The number of esters is 1. The van der Waals surface area contributed by atoms with Gasteiger partial charge in [0, 0.05) is 5.56 Å². The summed E-state index contributed by atoms with van der Waals surface area (Å²) in [6, 6.07) is 7.67. The number of rotatable bonds is 1. The maximum atomic E-state index is 11.7. The van der Waals surface area contributed by atoms with Crippen molar-refractivity contribution in [3.63, 3.8) is 0 Å². The molecule has 3 heteroatoms. The molecule has 0 atom stereocenters. The van der Waals surface area contributed by atoms with E-state index in [1.54, 1.807) is 0 Å². The highest BCUT2D eigenvalue weighted by Gasteiger charge is 2.25. The van der Waals surface area contributed by atoms with Gasteiger partial charge in [0.05, 0.1) is 5.41 Å². The van der Waals surface area contributed by atoms with Crippen LogP contribution in [-0.2, 0) is 9.53 Å². The maximum absolute atomic E-state index is 11.7. The SMILES string of the molecule is CC(C)(C)C(=O)OC1=Cc2ccccc2OC1. The van der Waals surface area contributed by atoms with E-state index in [0.717, 1.165) is 11.3 Å². The molecular formula is C14H16O3. The van der Waals surface area contributed by atoms with Crippen LogP contribution in [0.25, 0.3) is 6.08 Å². The molecule has 17 heavy (non-hydrogen) atoms. The summed E-state index contributed by atoms with van der Waals surface area (Å²) in [6.07, 6.45) is 1.85. The maximum Gasteiger partial charge on any atom is 0.316 e. The normalized spacial score (nSPS) is 14.4. The Morgan fingerprint density at radius 3 is 2.71 bits per heavy atom. The second-order valence-corrected chi connectivity index (χ2v) is 5.08. The fourth-order valence-electron chi connectivity index (χ4n) is 1.43. The summed E-state index contributed by atoms with van der Waals surface area (Å²) in [6.45, 7) is 5.79. The number of fused-ring (bicyclic) bond motifs is 1. The van der Waals surface area contributed by atoms with Crippen LogP contribution in [0.2, 0.25) is 0 Å². The molecule has 3 nitrogen and oxygen atoms in total. The summed E-state index contributed by atoms with van der Waals surface area (Å²) in [5.74, 6) is 1.14. The Morgan fingerprint density at radius 2 is 2.00 bits per heavy atom. The minimum absolute atomic E-state index is 0.244. The number of hydrogen-bond donors (Lipinski definition) is 0. The molecule has 0 radical (unpaired) electrons. The molecule has 1 aromatic rings. The van der Waals surface area contributed by atoms with Crippen LogP contribution in [0.5, 0.6) is 5.75 Å². The Labute approximate surface area is 101 Å². The quantitative estimate of drug-likeness (QED) is 0.698. The molecule has 0 aromatic heterocycles. The summed E-state index contributed by atoms with van der Waals surface area (Å²) >= 11 is 0. The predicted octanol–water partition coefficient (Wildman–Crippen LogP) is 3.01. The zero-order valence-electron chi connectivity index (χ0n) is 10.3. The molecule has 0 amide bonds. The van der Waals surface area contributed by atoms with Crippen LogP contribution in [-0.4, -0.2) is 12.6 Å². The van der Waals surface area contributed by atoms with Crippen molar-refractivity contribution in [2.45, 2.75) is 20.8 Å². The third kappa shape index (κ3) is 2.67. The molecule has 1 aliphatic heterocycles. The van der Waals surface area contributed by atoms with Gasteiger partial charge in [0.1, 0.15) is 18.1 Å². The van der Waals surface area contributed by atoms with E-state index < -0.39 is 5.41 Å². The minimum atomic E-state index is -0.502. The smallest absolute Gasteiger partial charge is 0.316 e. The van der Waals surface area contributed by atoms with Crippen molar-refractivity contribution >= 4 is 12.0 Å². The van der Waals surface area contributed by atoms with Gasteiger partial charge in [-0.05, 0) is 32.9 Å². The number of carbonyl (C=O) groups is 1. The van der Waals surface area contributed by atoms with Crippen LogP contribution in [0.1, 0.15) is 26.3 Å². The predicted molar refractivity (Wildman–Crippen MR) is 65.5 cm³/mol. The number of carbonyl (C=O) groups excluding carboxylic acids is 1. The van der Waals surface area contributed by atoms with Gasteiger partial charge in [-0.2, -0.15) is 0 Å². The van der Waals surface area contributed by atoms with E-state index in [9.17, 15) is 4.79 Å². The monoisotopic (exact) mass is 232 g/mol. The van der Waals surface area contributed by atoms with Crippen LogP contribution >= 0.6 is 0 Å². The number of hydrogen-bond acceptors (Lipinski definition) is 3. The van der Waals surface area contributed by atoms with Crippen molar-refractivity contribution < 1.29 is 14.3 Å². The molecule has 2 rings (SSSR count). The molecule has 0 saturated carbocycles. The lowest BCUT2D eigenvalue weighted by Gasteiger charge is -2.21. The van der Waals surface area contributed by atoms with Gasteiger partial charge in [0.15, 0.2) is 0 Å². The Kier molecular flexibility index (Phi) is 2.92. The first kappa shape index (κ1) is 11.7. The molecule has 0 spiro atoms. The van der Waals surface area contributed by atoms with Crippen LogP contribution < -0.4 is 4.74 Å². The van der Waals surface area contributed by atoms with Gasteiger partial charge in [-0.15, -0.1) is 0 Å². The summed E-state index contributed by atoms with van der Waals surface area (Å²) in [5.41, 5.74) is 0.438. The Morgan fingerprint density at radius 1 is 1.29 bits per heavy atom. The molecule has 0 bridgehead atoms. The minimum Gasteiger partial charge on any atom is -0.485 e. The lowest BCUT2D eigenvalue weighted by atomic mass is 9.97. The van der Waals surface area contributed by atoms with Crippen LogP contribution in [0.3, 0.4) is 0 Å². The summed E-state index contributed by atoms with van der Waals surface area (Å²) < 4.78 is 10.8. The molecule has 0 unspecified atom stereocenters. The topological polar surface area (TPSA) is 35.5 Å². The number of para-hydroxylation sites is 1. The van der Waals surface area contributed by atoms with Crippen LogP contribution in [0.4, 0.5) is 0 Å². The summed E-state index contributed by atoms with van der Waals surface area (Å²) in [7, 11) is 0. The summed E-state index contributed by atoms with van der Waals surface area (Å²) in [4.78, 5) is 11.7. The average Bonchev–Trinajstić information content (AvgIpc) is 2.27. The molecule has 90 valence electrons. The van der Waals surface area contributed by atoms with E-state index in [1.807, 2.05) is 51.1 Å². The van der Waals surface area contributed by atoms with Crippen molar-refractivity contribution in [3.05, 3.63) is 35.6 Å². The van der Waals surface area contributed by atoms with Gasteiger partial charge < -0.3 is 9.47 Å². The first-order valence-electron chi connectivity index (χ1n) is 5.61. The van der Waals surface area contributed by atoms with Gasteiger partial charge in [-0.1, -0.05) is 18.2 Å². The molecule has 1 heterocycles. The van der Waals surface area contributed by atoms with E-state index in [1.165, 1.54) is 0 Å². The highest BCUT2D eigenvalue weighted by molar-refractivity contribution is 5.77. The first-order chi connectivity index (χ1) is 7.97. The molecule has 0 aliphatic carbocycles. The fourth-order valence-corrected chi connectivity index (χ4v) is 1.43. The molecule has 0 fully saturated rings. The molecule has 1 aliphatic rings. The third-order valence-electron chi connectivity index (χ3n) is 2.44. The second kappa shape index (κ2) is 4.24. The van der Waals surface area contributed by atoms with Gasteiger partial charge >= 0.3 is 5.97 Å². The highest BCUT2D eigenvalue weighted by atomic mass is 16.6. The zero-order valence-corrected chi connectivity index (χ0v) is 10.3. The van der Waals surface area contributed by atoms with Gasteiger partial charge in [-0.3, -0.25) is 4.79 Å². The van der Waals surface area contributed by atoms with Gasteiger partial charge in [0.25, 0.3) is 0 Å². The van der Waals surface area contributed by atoms with Crippen LogP contribution in [0, 0.1) is 5.41 Å². The molecule has 1 aromatic carbocycles. The lowest BCUT2D eigenvalue weighted by molar-refractivity contribution is -0.148. The molecule has 0 N–H and O–H groups in total. The van der Waals surface area contributed by atoms with Crippen molar-refractivity contribution in [2.75, 3.05) is 6.61 Å². The standard InChI is InChI=1S/C14H16O3/c1-14(2,3)13(15)17-11-8-10-6-4-5-7-12(10)16-9-11/h4-8H,9H2,1-3H3. The van der Waals surface area contributed by atoms with Gasteiger partial charge in [-0.25, -0.2) is 0 Å². The van der Waals surface area contributed by atoms with Crippen molar-refractivity contribution in [1.82, 2.24) is 0 Å². The van der Waals surface area contributed by atoms with E-state index in [4.69, 9.17) is 9.47 Å². The van der Waals surface area contributed by atoms with Crippen molar-refractivity contribution in [3.8, 4) is 5.75 Å². The average molecular weight is 232 g/mol. The summed E-state index contributed by atoms with van der Waals surface area (Å²) in [5, 5.41) is 0. The van der Waals surface area contributed by atoms with Crippen LogP contribution in [0.15, 0.2) is 30.0 Å². The Balaban J connectivity index is 2.16. The number of benzene rings is 1. The van der Waals surface area contributed by atoms with Crippen molar-refractivity contribution in [1.29, 1.82) is 0 Å². The highest BCUT2D eigenvalue weighted by Crippen LogP contribution is 2.27. The lowest BCUT2D eigenvalue weighted by Crippen LogP contribution is -2.24. The van der Waals surface area contributed by atoms with E-state index >= 15 is 0 Å². The largest absolute Gasteiger partial charge is 0.485 e. The van der Waals surface area contributed by atoms with E-state index in [0.29, 0.717) is 12.4 Å². The Hall–Kier alpha value is -1.77. The zero-order chi connectivity index (χ0) is 12.5. The number of ether oxygens (including phenoxy) is 2. The third-order valence-corrected chi connectivity index (χ3v) is 2.44. The fraction of sp³-hybridized carbons (Fsp3) is 0.357. The second-order valence-electron chi connectivity index (χ2n) is 5.08. The van der Waals surface area contributed by atoms with Gasteiger partial charge in [0.2, 0.25) is 0 Å². The molecular weight excluding hydrogens is 216 g/mol. The molecule has 0 saturated heterocycles. The van der Waals surface area contributed by atoms with E-state index in [2.05, 4.69) is 0 Å². The van der Waals surface area contributed by atoms with E-state index in [-0.39, 0.29) is 5.97 Å². The Bertz CT molecular complexity index is 467. The first-order valence-corrected chi connectivity index (χ1v) is 5.61. The van der Waals surface area contributed by atoms with Crippen molar-refractivity contribution in [2.24, 2.45) is 5.41 Å².